The summed E-state index contributed by atoms with van der Waals surface area (Å²) in [6.45, 7) is 1.60. The van der Waals surface area contributed by atoms with Crippen molar-refractivity contribution in [2.45, 2.75) is 19.3 Å². The van der Waals surface area contributed by atoms with E-state index in [1.54, 1.807) is 24.1 Å². The Labute approximate surface area is 112 Å². The molecule has 0 radical (unpaired) electrons. The Morgan fingerprint density at radius 1 is 1.11 bits per heavy atom. The predicted octanol–water partition coefficient (Wildman–Crippen LogP) is 2.43. The number of benzene rings is 1. The molecule has 1 fully saturated rings. The van der Waals surface area contributed by atoms with Gasteiger partial charge in [0.25, 0.3) is 0 Å². The van der Waals surface area contributed by atoms with Gasteiger partial charge in [-0.15, -0.1) is 0 Å². The van der Waals surface area contributed by atoms with E-state index in [2.05, 4.69) is 0 Å². The zero-order chi connectivity index (χ0) is 13.8. The topological polar surface area (TPSA) is 60.9 Å². The molecule has 1 N–H and O–H groups in total. The zero-order valence-electron chi connectivity index (χ0n) is 11.0. The molecule has 102 valence electrons. The molecular formula is C14H18N2O3. The minimum absolute atomic E-state index is 0.0252. The van der Waals surface area contributed by atoms with E-state index in [-0.39, 0.29) is 11.6 Å². The Bertz CT molecular complexity index is 464. The lowest BCUT2D eigenvalue weighted by molar-refractivity contribution is 0.0697. The standard InChI is InChI=1S/C14H18N2O3/c1-15(14(19)16-9-3-2-4-10-16)12-7-5-11(6-8-12)13(17)18/h5-8H,2-4,9-10H2,1H3,(H,17,18). The molecule has 0 bridgehead atoms. The lowest BCUT2D eigenvalue weighted by Gasteiger charge is -2.31. The van der Waals surface area contributed by atoms with Crippen LogP contribution in [0, 0.1) is 0 Å². The third kappa shape index (κ3) is 3.05. The fraction of sp³-hybridized carbons (Fsp3) is 0.429. The average Bonchev–Trinajstić information content (AvgIpc) is 2.46. The van der Waals surface area contributed by atoms with E-state index < -0.39 is 5.97 Å². The normalized spacial score (nSPS) is 15.1. The molecule has 2 rings (SSSR count). The van der Waals surface area contributed by atoms with Crippen LogP contribution in [0.4, 0.5) is 10.5 Å². The van der Waals surface area contributed by atoms with E-state index in [0.717, 1.165) is 25.9 Å². The number of carbonyl (C=O) groups is 2. The van der Waals surface area contributed by atoms with Crippen molar-refractivity contribution in [3.63, 3.8) is 0 Å². The van der Waals surface area contributed by atoms with Gasteiger partial charge in [-0.3, -0.25) is 4.90 Å². The maximum absolute atomic E-state index is 12.3. The number of rotatable bonds is 2. The summed E-state index contributed by atoms with van der Waals surface area (Å²) in [6.07, 6.45) is 3.29. The minimum Gasteiger partial charge on any atom is -0.478 e. The monoisotopic (exact) mass is 262 g/mol. The summed E-state index contributed by atoms with van der Waals surface area (Å²) in [5.74, 6) is -0.962. The fourth-order valence-corrected chi connectivity index (χ4v) is 2.24. The highest BCUT2D eigenvalue weighted by Gasteiger charge is 2.20. The third-order valence-corrected chi connectivity index (χ3v) is 3.42. The van der Waals surface area contributed by atoms with E-state index in [9.17, 15) is 9.59 Å². The molecule has 1 aromatic rings. The molecule has 1 aliphatic heterocycles. The number of likely N-dealkylation sites (tertiary alicyclic amines) is 1. The number of hydrogen-bond donors (Lipinski definition) is 1. The van der Waals surface area contributed by atoms with Crippen LogP contribution < -0.4 is 4.90 Å². The number of aromatic carboxylic acids is 1. The van der Waals surface area contributed by atoms with Gasteiger partial charge in [0.1, 0.15) is 0 Å². The molecular weight excluding hydrogens is 244 g/mol. The molecule has 0 aromatic heterocycles. The molecule has 1 aliphatic rings. The molecule has 5 heteroatoms. The quantitative estimate of drug-likeness (QED) is 0.890. The van der Waals surface area contributed by atoms with Crippen LogP contribution in [0.1, 0.15) is 29.6 Å². The molecule has 1 saturated heterocycles. The molecule has 0 atom stereocenters. The van der Waals surface area contributed by atoms with E-state index in [0.29, 0.717) is 5.69 Å². The summed E-state index contributed by atoms with van der Waals surface area (Å²) in [5, 5.41) is 8.84. The number of amides is 2. The van der Waals surface area contributed by atoms with Gasteiger partial charge in [-0.25, -0.2) is 9.59 Å². The van der Waals surface area contributed by atoms with Crippen molar-refractivity contribution in [1.82, 2.24) is 4.90 Å². The zero-order valence-corrected chi connectivity index (χ0v) is 11.0. The molecule has 1 aromatic carbocycles. The number of anilines is 1. The van der Waals surface area contributed by atoms with Crippen molar-refractivity contribution < 1.29 is 14.7 Å². The van der Waals surface area contributed by atoms with E-state index >= 15 is 0 Å². The van der Waals surface area contributed by atoms with Gasteiger partial charge < -0.3 is 10.0 Å². The van der Waals surface area contributed by atoms with Crippen LogP contribution in [0.3, 0.4) is 0 Å². The van der Waals surface area contributed by atoms with Gasteiger partial charge in [-0.2, -0.15) is 0 Å². The number of carboxylic acids is 1. The predicted molar refractivity (Wildman–Crippen MR) is 72.6 cm³/mol. The molecule has 0 spiro atoms. The van der Waals surface area contributed by atoms with Crippen LogP contribution in [0.2, 0.25) is 0 Å². The second kappa shape index (κ2) is 5.73. The Kier molecular flexibility index (Phi) is 4.04. The first-order chi connectivity index (χ1) is 9.09. The summed E-state index contributed by atoms with van der Waals surface area (Å²) in [6, 6.07) is 6.31. The van der Waals surface area contributed by atoms with E-state index in [1.165, 1.54) is 18.6 Å². The number of carbonyl (C=O) groups excluding carboxylic acids is 1. The Hall–Kier alpha value is -2.04. The van der Waals surface area contributed by atoms with Crippen LogP contribution in [-0.2, 0) is 0 Å². The Morgan fingerprint density at radius 3 is 2.21 bits per heavy atom. The highest BCUT2D eigenvalue weighted by molar-refractivity contribution is 5.93. The maximum Gasteiger partial charge on any atom is 0.335 e. The van der Waals surface area contributed by atoms with Gasteiger partial charge in [0, 0.05) is 25.8 Å². The first-order valence-electron chi connectivity index (χ1n) is 6.45. The Balaban J connectivity index is 2.07. The van der Waals surface area contributed by atoms with Crippen molar-refractivity contribution >= 4 is 17.7 Å². The van der Waals surface area contributed by atoms with Crippen molar-refractivity contribution in [1.29, 1.82) is 0 Å². The van der Waals surface area contributed by atoms with Crippen molar-refractivity contribution in [3.8, 4) is 0 Å². The van der Waals surface area contributed by atoms with Gasteiger partial charge in [-0.05, 0) is 43.5 Å². The van der Waals surface area contributed by atoms with Gasteiger partial charge >= 0.3 is 12.0 Å². The largest absolute Gasteiger partial charge is 0.478 e. The van der Waals surface area contributed by atoms with Crippen LogP contribution in [-0.4, -0.2) is 42.1 Å². The average molecular weight is 262 g/mol. The highest BCUT2D eigenvalue weighted by Crippen LogP contribution is 2.17. The lowest BCUT2D eigenvalue weighted by Crippen LogP contribution is -2.43. The van der Waals surface area contributed by atoms with Gasteiger partial charge in [-0.1, -0.05) is 0 Å². The molecule has 0 unspecified atom stereocenters. The number of urea groups is 1. The number of piperidine rings is 1. The molecule has 2 amide bonds. The molecule has 0 aliphatic carbocycles. The number of nitrogens with zero attached hydrogens (tertiary/aromatic N) is 2. The summed E-state index contributed by atoms with van der Waals surface area (Å²) in [5.41, 5.74) is 0.933. The smallest absolute Gasteiger partial charge is 0.335 e. The maximum atomic E-state index is 12.3. The van der Waals surface area contributed by atoms with Gasteiger partial charge in [0.15, 0.2) is 0 Å². The lowest BCUT2D eigenvalue weighted by atomic mass is 10.1. The van der Waals surface area contributed by atoms with Crippen LogP contribution in [0.25, 0.3) is 0 Å². The van der Waals surface area contributed by atoms with Crippen molar-refractivity contribution in [2.24, 2.45) is 0 Å². The van der Waals surface area contributed by atoms with E-state index in [4.69, 9.17) is 5.11 Å². The molecule has 0 saturated carbocycles. The second-order valence-corrected chi connectivity index (χ2v) is 4.74. The third-order valence-electron chi connectivity index (χ3n) is 3.42. The van der Waals surface area contributed by atoms with Crippen molar-refractivity contribution in [3.05, 3.63) is 29.8 Å². The second-order valence-electron chi connectivity index (χ2n) is 4.74. The summed E-state index contributed by atoms with van der Waals surface area (Å²) in [7, 11) is 1.71. The molecule has 5 nitrogen and oxygen atoms in total. The first-order valence-corrected chi connectivity index (χ1v) is 6.45. The fourth-order valence-electron chi connectivity index (χ4n) is 2.24. The summed E-state index contributed by atoms with van der Waals surface area (Å²) in [4.78, 5) is 26.4. The van der Waals surface area contributed by atoms with E-state index in [1.807, 2.05) is 4.90 Å². The summed E-state index contributed by atoms with van der Waals surface area (Å²) >= 11 is 0. The van der Waals surface area contributed by atoms with Crippen molar-refractivity contribution in [2.75, 3.05) is 25.0 Å². The Morgan fingerprint density at radius 2 is 1.68 bits per heavy atom. The van der Waals surface area contributed by atoms with Crippen LogP contribution >= 0.6 is 0 Å². The molecule has 19 heavy (non-hydrogen) atoms. The van der Waals surface area contributed by atoms with Crippen LogP contribution in [0.15, 0.2) is 24.3 Å². The molecule has 1 heterocycles. The number of carboxylic acid groups (broad SMARTS) is 1. The summed E-state index contributed by atoms with van der Waals surface area (Å²) < 4.78 is 0. The first kappa shape index (κ1) is 13.4. The SMILES string of the molecule is CN(C(=O)N1CCCCC1)c1ccc(C(=O)O)cc1. The highest BCUT2D eigenvalue weighted by atomic mass is 16.4. The minimum atomic E-state index is -0.962. The van der Waals surface area contributed by atoms with Crippen LogP contribution in [0.5, 0.6) is 0 Å². The van der Waals surface area contributed by atoms with Gasteiger partial charge in [0.2, 0.25) is 0 Å². The number of hydrogen-bond acceptors (Lipinski definition) is 2. The van der Waals surface area contributed by atoms with Gasteiger partial charge in [0.05, 0.1) is 5.56 Å².